The zero-order chi connectivity index (χ0) is 15.2. The van der Waals surface area contributed by atoms with Gasteiger partial charge < -0.3 is 14.6 Å². The fourth-order valence-corrected chi connectivity index (χ4v) is 2.56. The highest BCUT2D eigenvalue weighted by molar-refractivity contribution is 5.47. The van der Waals surface area contributed by atoms with Gasteiger partial charge in [0.05, 0.1) is 24.8 Å². The quantitative estimate of drug-likeness (QED) is 0.884. The maximum atomic E-state index is 10.1. The van der Waals surface area contributed by atoms with Crippen LogP contribution in [0.1, 0.15) is 16.7 Å². The van der Waals surface area contributed by atoms with Crippen LogP contribution in [0.3, 0.4) is 0 Å². The Labute approximate surface area is 125 Å². The number of rotatable bonds is 5. The lowest BCUT2D eigenvalue weighted by atomic mass is 10.1. The van der Waals surface area contributed by atoms with Crippen molar-refractivity contribution in [3.63, 3.8) is 0 Å². The molecule has 1 heterocycles. The standard InChI is InChI=1S/C16H22N2O3/c1-12-7-14(9-17)8-13(2)16(12)21-11-15(19)10-18-3-5-20-6-4-18/h7-8,15,19H,3-6,10-11H2,1-2H3. The highest BCUT2D eigenvalue weighted by Crippen LogP contribution is 2.24. The summed E-state index contributed by atoms with van der Waals surface area (Å²) < 4.78 is 11.0. The van der Waals surface area contributed by atoms with Gasteiger partial charge in [0.25, 0.3) is 0 Å². The molecule has 1 aliphatic rings. The fourth-order valence-electron chi connectivity index (χ4n) is 2.56. The highest BCUT2D eigenvalue weighted by atomic mass is 16.5. The molecule has 0 aromatic heterocycles. The van der Waals surface area contributed by atoms with E-state index in [1.54, 1.807) is 12.1 Å². The summed E-state index contributed by atoms with van der Waals surface area (Å²) in [5, 5.41) is 19.0. The van der Waals surface area contributed by atoms with E-state index in [2.05, 4.69) is 11.0 Å². The summed E-state index contributed by atoms with van der Waals surface area (Å²) in [6.45, 7) is 7.83. The normalized spacial score (nSPS) is 17.2. The van der Waals surface area contributed by atoms with Crippen molar-refractivity contribution >= 4 is 0 Å². The van der Waals surface area contributed by atoms with Crippen molar-refractivity contribution in [3.05, 3.63) is 28.8 Å². The molecule has 0 spiro atoms. The van der Waals surface area contributed by atoms with Gasteiger partial charge in [0.1, 0.15) is 18.5 Å². The van der Waals surface area contributed by atoms with Crippen molar-refractivity contribution in [1.29, 1.82) is 5.26 Å². The number of hydrogen-bond donors (Lipinski definition) is 1. The van der Waals surface area contributed by atoms with Crippen LogP contribution in [0.2, 0.25) is 0 Å². The average molecular weight is 290 g/mol. The van der Waals surface area contributed by atoms with Crippen molar-refractivity contribution in [2.45, 2.75) is 20.0 Å². The lowest BCUT2D eigenvalue weighted by Crippen LogP contribution is -2.42. The fraction of sp³-hybridized carbons (Fsp3) is 0.562. The summed E-state index contributed by atoms with van der Waals surface area (Å²) >= 11 is 0. The zero-order valence-corrected chi connectivity index (χ0v) is 12.6. The van der Waals surface area contributed by atoms with E-state index in [-0.39, 0.29) is 6.61 Å². The number of β-amino-alcohol motifs (C(OH)–C–C–N with tert-alkyl or cyclic N) is 1. The molecular weight excluding hydrogens is 268 g/mol. The Hall–Kier alpha value is -1.61. The second-order valence-corrected chi connectivity index (χ2v) is 5.43. The smallest absolute Gasteiger partial charge is 0.125 e. The maximum Gasteiger partial charge on any atom is 0.125 e. The van der Waals surface area contributed by atoms with Gasteiger partial charge in [0.15, 0.2) is 0 Å². The molecule has 0 saturated carbocycles. The van der Waals surface area contributed by atoms with Gasteiger partial charge in [-0.25, -0.2) is 0 Å². The van der Waals surface area contributed by atoms with Crippen LogP contribution in [0.4, 0.5) is 0 Å². The number of morpholine rings is 1. The Morgan fingerprint density at radius 3 is 2.52 bits per heavy atom. The van der Waals surface area contributed by atoms with Gasteiger partial charge in [-0.15, -0.1) is 0 Å². The number of ether oxygens (including phenoxy) is 2. The minimum absolute atomic E-state index is 0.255. The molecule has 0 radical (unpaired) electrons. The first-order valence-electron chi connectivity index (χ1n) is 7.22. The molecule has 1 fully saturated rings. The Bertz CT molecular complexity index is 496. The molecule has 1 saturated heterocycles. The molecule has 21 heavy (non-hydrogen) atoms. The maximum absolute atomic E-state index is 10.1. The molecule has 0 bridgehead atoms. The summed E-state index contributed by atoms with van der Waals surface area (Å²) in [5.74, 6) is 0.759. The Morgan fingerprint density at radius 2 is 1.95 bits per heavy atom. The molecule has 0 amide bonds. The molecule has 1 atom stereocenters. The summed E-state index contributed by atoms with van der Waals surface area (Å²) in [4.78, 5) is 2.18. The molecule has 1 aliphatic heterocycles. The van der Waals surface area contributed by atoms with E-state index in [4.69, 9.17) is 14.7 Å². The van der Waals surface area contributed by atoms with Crippen LogP contribution in [0.25, 0.3) is 0 Å². The predicted octanol–water partition coefficient (Wildman–Crippen LogP) is 1.25. The minimum Gasteiger partial charge on any atom is -0.490 e. The van der Waals surface area contributed by atoms with E-state index >= 15 is 0 Å². The average Bonchev–Trinajstić information content (AvgIpc) is 2.47. The Kier molecular flexibility index (Phi) is 5.57. The van der Waals surface area contributed by atoms with E-state index in [9.17, 15) is 5.11 Å². The van der Waals surface area contributed by atoms with Gasteiger partial charge in [0.2, 0.25) is 0 Å². The SMILES string of the molecule is Cc1cc(C#N)cc(C)c1OCC(O)CN1CCOCC1. The van der Waals surface area contributed by atoms with Crippen LogP contribution in [-0.4, -0.2) is 55.6 Å². The van der Waals surface area contributed by atoms with Gasteiger partial charge in [-0.2, -0.15) is 5.26 Å². The predicted molar refractivity (Wildman–Crippen MR) is 79.4 cm³/mol. The summed E-state index contributed by atoms with van der Waals surface area (Å²) in [6, 6.07) is 5.74. The third-order valence-electron chi connectivity index (χ3n) is 3.58. The molecule has 114 valence electrons. The third kappa shape index (κ3) is 4.43. The Morgan fingerprint density at radius 1 is 1.33 bits per heavy atom. The zero-order valence-electron chi connectivity index (χ0n) is 12.6. The van der Waals surface area contributed by atoms with Crippen molar-refractivity contribution in [2.24, 2.45) is 0 Å². The number of nitrogens with zero attached hydrogens (tertiary/aromatic N) is 2. The largest absolute Gasteiger partial charge is 0.490 e. The molecule has 0 aliphatic carbocycles. The summed E-state index contributed by atoms with van der Waals surface area (Å²) in [7, 11) is 0. The number of aliphatic hydroxyl groups is 1. The first-order valence-corrected chi connectivity index (χ1v) is 7.22. The van der Waals surface area contributed by atoms with Crippen LogP contribution in [0, 0.1) is 25.2 Å². The minimum atomic E-state index is -0.530. The first kappa shape index (κ1) is 15.8. The first-order chi connectivity index (χ1) is 10.1. The van der Waals surface area contributed by atoms with Gasteiger partial charge >= 0.3 is 0 Å². The number of aryl methyl sites for hydroxylation is 2. The van der Waals surface area contributed by atoms with Crippen molar-refractivity contribution in [2.75, 3.05) is 39.5 Å². The molecule has 1 N–H and O–H groups in total. The number of hydrogen-bond acceptors (Lipinski definition) is 5. The van der Waals surface area contributed by atoms with Crippen LogP contribution in [-0.2, 0) is 4.74 Å². The van der Waals surface area contributed by atoms with E-state index in [1.807, 2.05) is 13.8 Å². The molecular formula is C16H22N2O3. The lowest BCUT2D eigenvalue weighted by Gasteiger charge is -2.28. The van der Waals surface area contributed by atoms with Gasteiger partial charge in [-0.1, -0.05) is 0 Å². The summed E-state index contributed by atoms with van der Waals surface area (Å²) in [5.41, 5.74) is 2.47. The molecule has 1 aromatic carbocycles. The topological polar surface area (TPSA) is 65.7 Å². The monoisotopic (exact) mass is 290 g/mol. The highest BCUT2D eigenvalue weighted by Gasteiger charge is 2.16. The van der Waals surface area contributed by atoms with Crippen LogP contribution in [0.5, 0.6) is 5.75 Å². The second-order valence-electron chi connectivity index (χ2n) is 5.43. The van der Waals surface area contributed by atoms with E-state index in [0.29, 0.717) is 12.1 Å². The van der Waals surface area contributed by atoms with Crippen molar-refractivity contribution in [1.82, 2.24) is 4.90 Å². The molecule has 1 aromatic rings. The van der Waals surface area contributed by atoms with Crippen molar-refractivity contribution in [3.8, 4) is 11.8 Å². The van der Waals surface area contributed by atoms with Crippen molar-refractivity contribution < 1.29 is 14.6 Å². The third-order valence-corrected chi connectivity index (χ3v) is 3.58. The van der Waals surface area contributed by atoms with Crippen LogP contribution in [0.15, 0.2) is 12.1 Å². The van der Waals surface area contributed by atoms with Gasteiger partial charge in [-0.05, 0) is 37.1 Å². The lowest BCUT2D eigenvalue weighted by molar-refractivity contribution is 0.00454. The Balaban J connectivity index is 1.89. The van der Waals surface area contributed by atoms with Crippen LogP contribution >= 0.6 is 0 Å². The molecule has 1 unspecified atom stereocenters. The van der Waals surface area contributed by atoms with E-state index in [0.717, 1.165) is 43.2 Å². The van der Waals surface area contributed by atoms with Gasteiger partial charge in [0, 0.05) is 19.6 Å². The number of nitriles is 1. The molecule has 5 nitrogen and oxygen atoms in total. The number of benzene rings is 1. The summed E-state index contributed by atoms with van der Waals surface area (Å²) in [6.07, 6.45) is -0.530. The van der Waals surface area contributed by atoms with E-state index in [1.165, 1.54) is 0 Å². The van der Waals surface area contributed by atoms with Crippen LogP contribution < -0.4 is 4.74 Å². The number of aliphatic hydroxyl groups excluding tert-OH is 1. The van der Waals surface area contributed by atoms with Gasteiger partial charge in [-0.3, -0.25) is 4.90 Å². The van der Waals surface area contributed by atoms with E-state index < -0.39 is 6.10 Å². The molecule has 2 rings (SSSR count). The molecule has 5 heteroatoms. The second kappa shape index (κ2) is 7.41.